The first-order valence-corrected chi connectivity index (χ1v) is 8.48. The molecule has 0 atom stereocenters. The number of benzene rings is 1. The molecule has 1 N–H and O–H groups in total. The van der Waals surface area contributed by atoms with Gasteiger partial charge in [-0.2, -0.15) is 0 Å². The summed E-state index contributed by atoms with van der Waals surface area (Å²) in [5.41, 5.74) is 3.48. The van der Waals surface area contributed by atoms with Crippen LogP contribution in [0.4, 0.5) is 0 Å². The average molecular weight is 336 g/mol. The fraction of sp³-hybridized carbons (Fsp3) is 0.263. The molecule has 4 rings (SSSR count). The molecule has 128 valence electrons. The van der Waals surface area contributed by atoms with Gasteiger partial charge in [-0.25, -0.2) is 4.79 Å². The van der Waals surface area contributed by atoms with Crippen molar-refractivity contribution in [1.82, 2.24) is 18.5 Å². The second-order valence-corrected chi connectivity index (χ2v) is 6.41. The van der Waals surface area contributed by atoms with E-state index >= 15 is 0 Å². The fourth-order valence-corrected chi connectivity index (χ4v) is 3.36. The molecule has 25 heavy (non-hydrogen) atoms. The van der Waals surface area contributed by atoms with E-state index in [0.717, 1.165) is 23.2 Å². The Bertz CT molecular complexity index is 1180. The van der Waals surface area contributed by atoms with E-state index in [0.29, 0.717) is 24.3 Å². The Kier molecular flexibility index (Phi) is 3.60. The van der Waals surface area contributed by atoms with Crippen LogP contribution in [0.2, 0.25) is 0 Å². The fourth-order valence-electron chi connectivity index (χ4n) is 3.36. The molecule has 3 aromatic heterocycles. The van der Waals surface area contributed by atoms with Crippen LogP contribution in [0.3, 0.4) is 0 Å². The van der Waals surface area contributed by atoms with Crippen LogP contribution in [0.1, 0.15) is 24.5 Å². The van der Waals surface area contributed by atoms with Gasteiger partial charge < -0.3 is 4.98 Å². The highest BCUT2D eigenvalue weighted by Crippen LogP contribution is 2.16. The molecular formula is C19H20N4O2. The van der Waals surface area contributed by atoms with Gasteiger partial charge in [0.05, 0.1) is 6.54 Å². The predicted molar refractivity (Wildman–Crippen MR) is 98.3 cm³/mol. The molecule has 0 aliphatic heterocycles. The van der Waals surface area contributed by atoms with Crippen molar-refractivity contribution in [3.05, 3.63) is 74.6 Å². The molecule has 0 saturated heterocycles. The van der Waals surface area contributed by atoms with Gasteiger partial charge in [0.25, 0.3) is 5.56 Å². The van der Waals surface area contributed by atoms with Crippen LogP contribution in [-0.4, -0.2) is 18.5 Å². The van der Waals surface area contributed by atoms with Crippen LogP contribution in [0, 0.1) is 6.92 Å². The van der Waals surface area contributed by atoms with Gasteiger partial charge in [-0.15, -0.1) is 0 Å². The first kappa shape index (κ1) is 15.5. The number of fused-ring (bicyclic) bond motifs is 3. The van der Waals surface area contributed by atoms with E-state index in [4.69, 9.17) is 0 Å². The highest BCUT2D eigenvalue weighted by molar-refractivity contribution is 5.77. The van der Waals surface area contributed by atoms with Gasteiger partial charge >= 0.3 is 5.69 Å². The van der Waals surface area contributed by atoms with E-state index in [1.54, 1.807) is 4.57 Å². The predicted octanol–water partition coefficient (Wildman–Crippen LogP) is 2.51. The summed E-state index contributed by atoms with van der Waals surface area (Å²) in [6.45, 7) is 4.78. The Morgan fingerprint density at radius 2 is 1.84 bits per heavy atom. The zero-order valence-electron chi connectivity index (χ0n) is 14.3. The highest BCUT2D eigenvalue weighted by Gasteiger charge is 2.18. The first-order chi connectivity index (χ1) is 12.1. The summed E-state index contributed by atoms with van der Waals surface area (Å²) in [5, 5.41) is 0. The minimum atomic E-state index is -0.274. The van der Waals surface area contributed by atoms with Crippen molar-refractivity contribution in [3.8, 4) is 0 Å². The Balaban J connectivity index is 2.07. The molecule has 0 amide bonds. The normalized spacial score (nSPS) is 11.6. The number of H-pyrrole nitrogens is 1. The quantitative estimate of drug-likeness (QED) is 0.622. The molecule has 0 bridgehead atoms. The van der Waals surface area contributed by atoms with Gasteiger partial charge in [0.15, 0.2) is 5.52 Å². The van der Waals surface area contributed by atoms with Gasteiger partial charge in [-0.1, -0.05) is 37.3 Å². The van der Waals surface area contributed by atoms with E-state index in [-0.39, 0.29) is 11.2 Å². The standard InChI is InChI=1S/C19H20N4O2/c1-3-9-21-18(24)16-17(20-15-10-13(2)11-22(15)16)23(19(21)25)12-14-7-5-4-6-8-14/h4-8,10-11,20H,3,9,12H2,1-2H3. The minimum absolute atomic E-state index is 0.243. The lowest BCUT2D eigenvalue weighted by molar-refractivity contribution is 0.578. The van der Waals surface area contributed by atoms with Gasteiger partial charge in [-0.3, -0.25) is 18.3 Å². The monoisotopic (exact) mass is 336 g/mol. The lowest BCUT2D eigenvalue weighted by atomic mass is 10.2. The maximum atomic E-state index is 13.0. The summed E-state index contributed by atoms with van der Waals surface area (Å²) < 4.78 is 4.85. The minimum Gasteiger partial charge on any atom is -0.325 e. The number of aromatic nitrogens is 4. The molecule has 0 aliphatic carbocycles. The topological polar surface area (TPSA) is 64.2 Å². The Morgan fingerprint density at radius 1 is 1.08 bits per heavy atom. The summed E-state index contributed by atoms with van der Waals surface area (Å²) in [6, 6.07) is 11.8. The molecule has 6 nitrogen and oxygen atoms in total. The van der Waals surface area contributed by atoms with Gasteiger partial charge in [0.2, 0.25) is 0 Å². The van der Waals surface area contributed by atoms with E-state index in [1.165, 1.54) is 4.57 Å². The molecule has 0 unspecified atom stereocenters. The van der Waals surface area contributed by atoms with Crippen LogP contribution in [0.25, 0.3) is 16.8 Å². The molecular weight excluding hydrogens is 316 g/mol. The third-order valence-corrected chi connectivity index (χ3v) is 4.48. The number of rotatable bonds is 4. The second kappa shape index (κ2) is 5.81. The lowest BCUT2D eigenvalue weighted by Gasteiger charge is -2.11. The van der Waals surface area contributed by atoms with E-state index < -0.39 is 0 Å². The maximum absolute atomic E-state index is 13.0. The number of hydrogen-bond acceptors (Lipinski definition) is 2. The van der Waals surface area contributed by atoms with Gasteiger partial charge in [-0.05, 0) is 30.5 Å². The van der Waals surface area contributed by atoms with Gasteiger partial charge in [0, 0.05) is 12.7 Å². The molecule has 0 fully saturated rings. The molecule has 0 aliphatic rings. The van der Waals surface area contributed by atoms with E-state index in [2.05, 4.69) is 4.98 Å². The lowest BCUT2D eigenvalue weighted by Crippen LogP contribution is -2.40. The van der Waals surface area contributed by atoms with Crippen LogP contribution < -0.4 is 11.2 Å². The van der Waals surface area contributed by atoms with E-state index in [9.17, 15) is 9.59 Å². The molecule has 6 heteroatoms. The van der Waals surface area contributed by atoms with Crippen molar-refractivity contribution in [2.75, 3.05) is 0 Å². The molecule has 0 saturated carbocycles. The summed E-state index contributed by atoms with van der Waals surface area (Å²) in [6.07, 6.45) is 2.65. The number of aryl methyl sites for hydroxylation is 1. The summed E-state index contributed by atoms with van der Waals surface area (Å²) in [4.78, 5) is 29.1. The number of imidazole rings is 1. The second-order valence-electron chi connectivity index (χ2n) is 6.41. The van der Waals surface area contributed by atoms with Crippen LogP contribution in [0.5, 0.6) is 0 Å². The number of hydrogen-bond donors (Lipinski definition) is 1. The molecule has 0 radical (unpaired) electrons. The van der Waals surface area contributed by atoms with Crippen molar-refractivity contribution < 1.29 is 0 Å². The zero-order valence-corrected chi connectivity index (χ0v) is 14.3. The first-order valence-electron chi connectivity index (χ1n) is 8.48. The maximum Gasteiger partial charge on any atom is 0.333 e. The smallest absolute Gasteiger partial charge is 0.325 e. The van der Waals surface area contributed by atoms with E-state index in [1.807, 2.05) is 60.8 Å². The van der Waals surface area contributed by atoms with Crippen LogP contribution >= 0.6 is 0 Å². The largest absolute Gasteiger partial charge is 0.333 e. The molecule has 0 spiro atoms. The number of nitrogens with one attached hydrogen (secondary N) is 1. The number of aromatic amines is 1. The molecule has 4 aromatic rings. The van der Waals surface area contributed by atoms with Crippen molar-refractivity contribution in [2.45, 2.75) is 33.4 Å². The van der Waals surface area contributed by atoms with Crippen LogP contribution in [0.15, 0.2) is 52.2 Å². The zero-order chi connectivity index (χ0) is 17.6. The third kappa shape index (κ3) is 2.41. The Labute approximate surface area is 144 Å². The average Bonchev–Trinajstić information content (AvgIpc) is 3.12. The number of nitrogens with zero attached hydrogens (tertiary/aromatic N) is 3. The van der Waals surface area contributed by atoms with Gasteiger partial charge in [0.1, 0.15) is 11.3 Å². The van der Waals surface area contributed by atoms with Crippen molar-refractivity contribution >= 4 is 16.8 Å². The Hall–Kier alpha value is -3.02. The van der Waals surface area contributed by atoms with Crippen LogP contribution in [-0.2, 0) is 13.1 Å². The third-order valence-electron chi connectivity index (χ3n) is 4.48. The van der Waals surface area contributed by atoms with Crippen molar-refractivity contribution in [1.29, 1.82) is 0 Å². The van der Waals surface area contributed by atoms with Crippen molar-refractivity contribution in [2.24, 2.45) is 0 Å². The summed E-state index contributed by atoms with van der Waals surface area (Å²) in [5.74, 6) is 0. The molecule has 1 aromatic carbocycles. The highest BCUT2D eigenvalue weighted by atomic mass is 16.2. The SMILES string of the molecule is CCCn1c(=O)c2c([nH]c3cc(C)cn32)n(Cc2ccccc2)c1=O. The molecule has 3 heterocycles. The summed E-state index contributed by atoms with van der Waals surface area (Å²) >= 11 is 0. The Morgan fingerprint density at radius 3 is 2.56 bits per heavy atom. The summed E-state index contributed by atoms with van der Waals surface area (Å²) in [7, 11) is 0. The van der Waals surface area contributed by atoms with Crippen molar-refractivity contribution in [3.63, 3.8) is 0 Å².